The number of methoxy groups -OCH3 is 1. The van der Waals surface area contributed by atoms with Crippen molar-refractivity contribution in [1.29, 1.82) is 0 Å². The first-order chi connectivity index (χ1) is 13.7. The summed E-state index contributed by atoms with van der Waals surface area (Å²) in [6, 6.07) is 10.0. The Morgan fingerprint density at radius 1 is 1.17 bits per heavy atom. The van der Waals surface area contributed by atoms with Gasteiger partial charge in [-0.15, -0.1) is 13.2 Å². The van der Waals surface area contributed by atoms with Crippen LogP contribution in [0, 0.1) is 0 Å². The van der Waals surface area contributed by atoms with E-state index >= 15 is 0 Å². The standard InChI is InChI=1S/C20H12ClF3O5/c1-27-18-12-4-2-3-5-15(12)28-19(26)17(18)14(25)8-6-11-7-9-16(13(21)10-11)29-20(22,23)24/h2-10H,1H3/b8-6+. The molecule has 0 aliphatic carbocycles. The van der Waals surface area contributed by atoms with Crippen molar-refractivity contribution in [2.45, 2.75) is 6.36 Å². The normalized spacial score (nSPS) is 11.8. The average molecular weight is 425 g/mol. The van der Waals surface area contributed by atoms with E-state index in [1.54, 1.807) is 24.3 Å². The molecule has 3 rings (SSSR count). The fraction of sp³-hybridized carbons (Fsp3) is 0.100. The first-order valence-electron chi connectivity index (χ1n) is 8.07. The van der Waals surface area contributed by atoms with Crippen molar-refractivity contribution >= 4 is 34.4 Å². The van der Waals surface area contributed by atoms with Gasteiger partial charge in [0, 0.05) is 0 Å². The number of carbonyl (C=O) groups excluding carboxylic acids is 1. The molecule has 150 valence electrons. The summed E-state index contributed by atoms with van der Waals surface area (Å²) in [5.41, 5.74) is -0.586. The molecule has 0 aliphatic heterocycles. The van der Waals surface area contributed by atoms with E-state index in [1.165, 1.54) is 25.3 Å². The average Bonchev–Trinajstić information content (AvgIpc) is 2.66. The molecule has 1 heterocycles. The van der Waals surface area contributed by atoms with Crippen LogP contribution in [-0.2, 0) is 0 Å². The van der Waals surface area contributed by atoms with Crippen molar-refractivity contribution < 1.29 is 31.9 Å². The summed E-state index contributed by atoms with van der Waals surface area (Å²) in [6.07, 6.45) is -2.52. The molecule has 0 saturated heterocycles. The zero-order valence-electron chi connectivity index (χ0n) is 14.7. The van der Waals surface area contributed by atoms with Crippen LogP contribution in [0.3, 0.4) is 0 Å². The third kappa shape index (κ3) is 4.60. The van der Waals surface area contributed by atoms with Crippen molar-refractivity contribution in [3.05, 3.63) is 75.1 Å². The van der Waals surface area contributed by atoms with Gasteiger partial charge in [0.25, 0.3) is 0 Å². The van der Waals surface area contributed by atoms with Crippen molar-refractivity contribution in [2.24, 2.45) is 0 Å². The van der Waals surface area contributed by atoms with Crippen LogP contribution in [0.15, 0.2) is 57.8 Å². The van der Waals surface area contributed by atoms with E-state index in [1.807, 2.05) is 0 Å². The Kier molecular flexibility index (Phi) is 5.65. The predicted molar refractivity (Wildman–Crippen MR) is 101 cm³/mol. The minimum atomic E-state index is -4.88. The number of hydrogen-bond acceptors (Lipinski definition) is 5. The second-order valence-corrected chi connectivity index (χ2v) is 6.14. The highest BCUT2D eigenvalue weighted by molar-refractivity contribution is 6.32. The van der Waals surface area contributed by atoms with Crippen molar-refractivity contribution in [3.63, 3.8) is 0 Å². The first kappa shape index (κ1) is 20.5. The van der Waals surface area contributed by atoms with Gasteiger partial charge in [0.1, 0.15) is 22.6 Å². The van der Waals surface area contributed by atoms with Crippen LogP contribution < -0.4 is 15.1 Å². The predicted octanol–water partition coefficient (Wildman–Crippen LogP) is 5.25. The monoisotopic (exact) mass is 424 g/mol. The molecule has 0 amide bonds. The molecule has 0 fully saturated rings. The molecular formula is C20H12ClF3O5. The number of halogens is 4. The number of ketones is 1. The summed E-state index contributed by atoms with van der Waals surface area (Å²) >= 11 is 5.78. The number of fused-ring (bicyclic) bond motifs is 1. The third-order valence-electron chi connectivity index (χ3n) is 3.82. The van der Waals surface area contributed by atoms with E-state index in [0.29, 0.717) is 10.9 Å². The highest BCUT2D eigenvalue weighted by Gasteiger charge is 2.32. The molecule has 1 aromatic heterocycles. The maximum atomic E-state index is 12.6. The number of carbonyl (C=O) groups is 1. The van der Waals surface area contributed by atoms with Crippen LogP contribution in [0.2, 0.25) is 5.02 Å². The molecule has 3 aromatic rings. The Labute approximate surface area is 166 Å². The van der Waals surface area contributed by atoms with Crippen LogP contribution in [0.5, 0.6) is 11.5 Å². The second kappa shape index (κ2) is 8.00. The number of rotatable bonds is 5. The number of para-hydroxylation sites is 1. The fourth-order valence-corrected chi connectivity index (χ4v) is 2.86. The molecule has 0 bridgehead atoms. The largest absolute Gasteiger partial charge is 0.573 e. The summed E-state index contributed by atoms with van der Waals surface area (Å²) < 4.78 is 51.0. The van der Waals surface area contributed by atoms with Gasteiger partial charge in [0.05, 0.1) is 17.5 Å². The number of allylic oxidation sites excluding steroid dienone is 1. The van der Waals surface area contributed by atoms with Gasteiger partial charge in [0.2, 0.25) is 0 Å². The van der Waals surface area contributed by atoms with Gasteiger partial charge >= 0.3 is 12.0 Å². The van der Waals surface area contributed by atoms with Gasteiger partial charge in [-0.2, -0.15) is 0 Å². The Bertz CT molecular complexity index is 1160. The number of alkyl halides is 3. The van der Waals surface area contributed by atoms with E-state index in [9.17, 15) is 22.8 Å². The second-order valence-electron chi connectivity index (χ2n) is 5.73. The van der Waals surface area contributed by atoms with Crippen molar-refractivity contribution in [3.8, 4) is 11.5 Å². The summed E-state index contributed by atoms with van der Waals surface area (Å²) in [5.74, 6) is -1.20. The lowest BCUT2D eigenvalue weighted by atomic mass is 10.1. The number of hydrogen-bond donors (Lipinski definition) is 0. The summed E-state index contributed by atoms with van der Waals surface area (Å²) in [6.45, 7) is 0. The Hall–Kier alpha value is -3.26. The van der Waals surface area contributed by atoms with E-state index in [4.69, 9.17) is 20.8 Å². The molecular weight excluding hydrogens is 413 g/mol. The highest BCUT2D eigenvalue weighted by atomic mass is 35.5. The number of benzene rings is 2. The lowest BCUT2D eigenvalue weighted by molar-refractivity contribution is -0.274. The minimum Gasteiger partial charge on any atom is -0.495 e. The van der Waals surface area contributed by atoms with Crippen LogP contribution >= 0.6 is 11.6 Å². The molecule has 0 N–H and O–H groups in total. The van der Waals surface area contributed by atoms with E-state index in [-0.39, 0.29) is 21.9 Å². The Morgan fingerprint density at radius 2 is 1.90 bits per heavy atom. The summed E-state index contributed by atoms with van der Waals surface area (Å²) in [7, 11) is 1.32. The van der Waals surface area contributed by atoms with Crippen LogP contribution in [-0.4, -0.2) is 19.3 Å². The SMILES string of the molecule is COc1c(C(=O)/C=C/c2ccc(OC(F)(F)F)c(Cl)c2)c(=O)oc2ccccc12. The lowest BCUT2D eigenvalue weighted by Gasteiger charge is -2.10. The van der Waals surface area contributed by atoms with Gasteiger partial charge in [0.15, 0.2) is 5.78 Å². The minimum absolute atomic E-state index is 0.0680. The smallest absolute Gasteiger partial charge is 0.495 e. The lowest BCUT2D eigenvalue weighted by Crippen LogP contribution is -2.17. The van der Waals surface area contributed by atoms with Gasteiger partial charge in [-0.3, -0.25) is 4.79 Å². The Balaban J connectivity index is 1.93. The van der Waals surface area contributed by atoms with Crippen LogP contribution in [0.1, 0.15) is 15.9 Å². The summed E-state index contributed by atoms with van der Waals surface area (Å²) in [4.78, 5) is 24.8. The van der Waals surface area contributed by atoms with Gasteiger partial charge in [-0.25, -0.2) is 4.79 Å². The van der Waals surface area contributed by atoms with E-state index in [0.717, 1.165) is 12.1 Å². The van der Waals surface area contributed by atoms with E-state index < -0.39 is 23.5 Å². The molecule has 9 heteroatoms. The molecule has 0 unspecified atom stereocenters. The van der Waals surface area contributed by atoms with Gasteiger partial charge in [-0.05, 0) is 35.9 Å². The quantitative estimate of drug-likeness (QED) is 0.318. The molecule has 5 nitrogen and oxygen atoms in total. The highest BCUT2D eigenvalue weighted by Crippen LogP contribution is 2.31. The first-order valence-corrected chi connectivity index (χ1v) is 8.45. The fourth-order valence-electron chi connectivity index (χ4n) is 2.63. The van der Waals surface area contributed by atoms with Gasteiger partial charge < -0.3 is 13.9 Å². The zero-order valence-corrected chi connectivity index (χ0v) is 15.5. The van der Waals surface area contributed by atoms with E-state index in [2.05, 4.69) is 4.74 Å². The van der Waals surface area contributed by atoms with Crippen molar-refractivity contribution in [1.82, 2.24) is 0 Å². The molecule has 29 heavy (non-hydrogen) atoms. The molecule has 0 radical (unpaired) electrons. The number of ether oxygens (including phenoxy) is 2. The van der Waals surface area contributed by atoms with Crippen molar-refractivity contribution in [2.75, 3.05) is 7.11 Å². The summed E-state index contributed by atoms with van der Waals surface area (Å²) in [5, 5.41) is 0.155. The molecule has 0 saturated carbocycles. The third-order valence-corrected chi connectivity index (χ3v) is 4.12. The molecule has 0 spiro atoms. The zero-order chi connectivity index (χ0) is 21.2. The topological polar surface area (TPSA) is 65.7 Å². The molecule has 2 aromatic carbocycles. The van der Waals surface area contributed by atoms with Gasteiger partial charge in [-0.1, -0.05) is 35.9 Å². The Morgan fingerprint density at radius 3 is 2.55 bits per heavy atom. The van der Waals surface area contributed by atoms with Crippen LogP contribution in [0.25, 0.3) is 17.0 Å². The van der Waals surface area contributed by atoms with Crippen LogP contribution in [0.4, 0.5) is 13.2 Å². The molecule has 0 aliphatic rings. The molecule has 0 atom stereocenters. The maximum absolute atomic E-state index is 12.6. The maximum Gasteiger partial charge on any atom is 0.573 e.